The highest BCUT2D eigenvalue weighted by Crippen LogP contribution is 2.34. The number of piperidine rings is 1. The average molecular weight is 511 g/mol. The van der Waals surface area contributed by atoms with Crippen molar-refractivity contribution in [3.8, 4) is 11.5 Å². The van der Waals surface area contributed by atoms with Crippen LogP contribution in [-0.2, 0) is 7.05 Å². The highest BCUT2D eigenvalue weighted by Gasteiger charge is 2.35. The van der Waals surface area contributed by atoms with Crippen molar-refractivity contribution >= 4 is 39.4 Å². The fourth-order valence-corrected chi connectivity index (χ4v) is 5.56. The Morgan fingerprint density at radius 2 is 2.00 bits per heavy atom. The van der Waals surface area contributed by atoms with Crippen LogP contribution in [0.1, 0.15) is 18.4 Å². The van der Waals surface area contributed by atoms with E-state index in [9.17, 15) is 0 Å². The molecule has 0 spiro atoms. The largest absolute Gasteiger partial charge is 0.457 e. The number of halogens is 1. The maximum atomic E-state index is 15.5. The first-order valence-electron chi connectivity index (χ1n) is 12.8. The molecule has 192 valence electrons. The number of rotatable bonds is 5. The first kappa shape index (κ1) is 22.9. The maximum absolute atomic E-state index is 15.5. The second kappa shape index (κ2) is 8.91. The standard InChI is InChI=1S/C28H27FN8O/c1-16-24(38-19-3-6-23-22(12-19)33-15-36(23)2)7-4-20(26(16)29)34-28-27-21(31-14-32-28)5-8-25(35-27)37-13-17-11-18(37)9-10-30-17/h3-8,12,14-15,17-18,30H,9-11,13H2,1-2H3,(H,31,32,34)/t17-,18+/m0/s1. The Hall–Kier alpha value is -4.31. The summed E-state index contributed by atoms with van der Waals surface area (Å²) in [5, 5.41) is 6.72. The lowest BCUT2D eigenvalue weighted by Crippen LogP contribution is -2.35. The number of aryl methyl sites for hydroxylation is 1. The molecule has 0 unspecified atom stereocenters. The van der Waals surface area contributed by atoms with Gasteiger partial charge < -0.3 is 24.8 Å². The number of anilines is 3. The zero-order valence-electron chi connectivity index (χ0n) is 21.1. The second-order valence-electron chi connectivity index (χ2n) is 10.0. The van der Waals surface area contributed by atoms with Crippen LogP contribution in [0.5, 0.6) is 11.5 Å². The third kappa shape index (κ3) is 3.88. The summed E-state index contributed by atoms with van der Waals surface area (Å²) in [6.45, 7) is 3.66. The summed E-state index contributed by atoms with van der Waals surface area (Å²) in [6, 6.07) is 14.0. The molecule has 38 heavy (non-hydrogen) atoms. The van der Waals surface area contributed by atoms with Gasteiger partial charge in [0.25, 0.3) is 0 Å². The molecule has 0 amide bonds. The van der Waals surface area contributed by atoms with E-state index in [0.29, 0.717) is 51.7 Å². The van der Waals surface area contributed by atoms with Gasteiger partial charge in [-0.05, 0) is 62.7 Å². The zero-order chi connectivity index (χ0) is 25.8. The number of benzene rings is 2. The Balaban J connectivity index is 1.17. The number of imidazole rings is 1. The van der Waals surface area contributed by atoms with Gasteiger partial charge in [-0.3, -0.25) is 0 Å². The smallest absolute Gasteiger partial charge is 0.160 e. The Bertz CT molecular complexity index is 1690. The lowest BCUT2D eigenvalue weighted by molar-refractivity contribution is 0.448. The molecule has 3 aromatic heterocycles. The van der Waals surface area contributed by atoms with Crippen LogP contribution in [0.2, 0.25) is 0 Å². The average Bonchev–Trinajstić information content (AvgIpc) is 3.45. The van der Waals surface area contributed by atoms with Crippen molar-refractivity contribution in [3.63, 3.8) is 0 Å². The normalized spacial score (nSPS) is 18.9. The molecule has 5 heterocycles. The maximum Gasteiger partial charge on any atom is 0.160 e. The molecule has 2 N–H and O–H groups in total. The third-order valence-electron chi connectivity index (χ3n) is 7.60. The highest BCUT2D eigenvalue weighted by atomic mass is 19.1. The summed E-state index contributed by atoms with van der Waals surface area (Å²) >= 11 is 0. The fraction of sp³-hybridized carbons (Fsp3) is 0.286. The molecular formula is C28H27FN8O. The topological polar surface area (TPSA) is 93.0 Å². The van der Waals surface area contributed by atoms with Crippen molar-refractivity contribution in [2.45, 2.75) is 31.8 Å². The molecule has 2 bridgehead atoms. The molecule has 2 aliphatic heterocycles. The lowest BCUT2D eigenvalue weighted by atomic mass is 10.1. The van der Waals surface area contributed by atoms with Crippen molar-refractivity contribution in [2.75, 3.05) is 23.3 Å². The summed E-state index contributed by atoms with van der Waals surface area (Å²) in [5.41, 5.74) is 3.81. The van der Waals surface area contributed by atoms with Gasteiger partial charge in [0.05, 0.1) is 28.6 Å². The predicted octanol–water partition coefficient (Wildman–Crippen LogP) is 4.84. The minimum absolute atomic E-state index is 0.295. The van der Waals surface area contributed by atoms with Crippen LogP contribution < -0.4 is 20.3 Å². The number of pyridine rings is 1. The molecule has 2 saturated heterocycles. The van der Waals surface area contributed by atoms with E-state index in [0.717, 1.165) is 42.8 Å². The van der Waals surface area contributed by atoms with Gasteiger partial charge in [-0.25, -0.2) is 24.3 Å². The van der Waals surface area contributed by atoms with Gasteiger partial charge in [-0.1, -0.05) is 0 Å². The highest BCUT2D eigenvalue weighted by molar-refractivity contribution is 5.88. The number of nitrogens with one attached hydrogen (secondary N) is 2. The summed E-state index contributed by atoms with van der Waals surface area (Å²) in [4.78, 5) is 20.4. The van der Waals surface area contributed by atoms with Gasteiger partial charge in [-0.2, -0.15) is 0 Å². The minimum atomic E-state index is -0.413. The van der Waals surface area contributed by atoms with Gasteiger partial charge >= 0.3 is 0 Å². The predicted molar refractivity (Wildman–Crippen MR) is 145 cm³/mol. The van der Waals surface area contributed by atoms with Crippen molar-refractivity contribution in [1.82, 2.24) is 29.8 Å². The summed E-state index contributed by atoms with van der Waals surface area (Å²) in [5.74, 6) is 1.98. The Morgan fingerprint density at radius 1 is 1.08 bits per heavy atom. The Morgan fingerprint density at radius 3 is 2.89 bits per heavy atom. The first-order chi connectivity index (χ1) is 18.5. The molecule has 0 radical (unpaired) electrons. The van der Waals surface area contributed by atoms with E-state index in [1.165, 1.54) is 6.33 Å². The number of fused-ring (bicyclic) bond motifs is 4. The van der Waals surface area contributed by atoms with Crippen LogP contribution in [0.4, 0.5) is 21.7 Å². The molecule has 2 fully saturated rings. The SMILES string of the molecule is Cc1c(Oc2ccc3c(c2)ncn3C)ccc(Nc2ncnc3ccc(N4C[C@@H]5C[C@H]4CCN5)nc23)c1F. The Labute approximate surface area is 218 Å². The van der Waals surface area contributed by atoms with E-state index in [4.69, 9.17) is 9.72 Å². The minimum Gasteiger partial charge on any atom is -0.457 e. The molecule has 9 nitrogen and oxygen atoms in total. The first-order valence-corrected chi connectivity index (χ1v) is 12.8. The monoisotopic (exact) mass is 510 g/mol. The molecule has 2 aliphatic rings. The van der Waals surface area contributed by atoms with E-state index in [-0.39, 0.29) is 0 Å². The fourth-order valence-electron chi connectivity index (χ4n) is 5.56. The van der Waals surface area contributed by atoms with Crippen LogP contribution >= 0.6 is 0 Å². The molecule has 0 aliphatic carbocycles. The third-order valence-corrected chi connectivity index (χ3v) is 7.60. The van der Waals surface area contributed by atoms with Crippen molar-refractivity contribution in [3.05, 3.63) is 66.5 Å². The quantitative estimate of drug-likeness (QED) is 0.347. The number of nitrogens with zero attached hydrogens (tertiary/aromatic N) is 6. The summed E-state index contributed by atoms with van der Waals surface area (Å²) in [6.07, 6.45) is 5.45. The summed E-state index contributed by atoms with van der Waals surface area (Å²) < 4.78 is 23.5. The molecule has 5 aromatic rings. The van der Waals surface area contributed by atoms with Crippen molar-refractivity contribution in [2.24, 2.45) is 7.05 Å². The second-order valence-corrected chi connectivity index (χ2v) is 10.0. The van der Waals surface area contributed by atoms with Crippen LogP contribution in [0.15, 0.2) is 55.1 Å². The number of hydrogen-bond acceptors (Lipinski definition) is 8. The number of ether oxygens (including phenoxy) is 1. The van der Waals surface area contributed by atoms with Gasteiger partial charge in [0.2, 0.25) is 0 Å². The molecule has 2 aromatic carbocycles. The number of aromatic nitrogens is 5. The molecule has 0 saturated carbocycles. The van der Waals surface area contributed by atoms with E-state index in [1.807, 2.05) is 41.9 Å². The molecule has 2 atom stereocenters. The van der Waals surface area contributed by atoms with E-state index in [2.05, 4.69) is 30.5 Å². The molecule has 10 heteroatoms. The van der Waals surface area contributed by atoms with Gasteiger partial charge in [0.15, 0.2) is 11.6 Å². The van der Waals surface area contributed by atoms with Crippen LogP contribution in [0.25, 0.3) is 22.1 Å². The number of hydrogen-bond donors (Lipinski definition) is 2. The lowest BCUT2D eigenvalue weighted by Gasteiger charge is -2.25. The summed E-state index contributed by atoms with van der Waals surface area (Å²) in [7, 11) is 1.94. The van der Waals surface area contributed by atoms with Crippen molar-refractivity contribution < 1.29 is 9.13 Å². The molecular weight excluding hydrogens is 483 g/mol. The van der Waals surface area contributed by atoms with E-state index < -0.39 is 5.82 Å². The van der Waals surface area contributed by atoms with Crippen LogP contribution in [0, 0.1) is 12.7 Å². The van der Waals surface area contributed by atoms with Crippen molar-refractivity contribution in [1.29, 1.82) is 0 Å². The van der Waals surface area contributed by atoms with Gasteiger partial charge in [0.1, 0.15) is 29.2 Å². The Kier molecular flexibility index (Phi) is 5.36. The van der Waals surface area contributed by atoms with Crippen LogP contribution in [-0.4, -0.2) is 49.7 Å². The van der Waals surface area contributed by atoms with Crippen LogP contribution in [0.3, 0.4) is 0 Å². The van der Waals surface area contributed by atoms with Gasteiger partial charge in [-0.15, -0.1) is 0 Å². The zero-order valence-corrected chi connectivity index (χ0v) is 21.1. The van der Waals surface area contributed by atoms with E-state index in [1.54, 1.807) is 25.4 Å². The van der Waals surface area contributed by atoms with E-state index >= 15 is 4.39 Å². The molecule has 7 rings (SSSR count). The van der Waals surface area contributed by atoms with Gasteiger partial charge in [0, 0.05) is 37.3 Å².